The van der Waals surface area contributed by atoms with Crippen LogP contribution in [0.5, 0.6) is 5.75 Å². The van der Waals surface area contributed by atoms with Gasteiger partial charge in [-0.15, -0.1) is 0 Å². The Hall–Kier alpha value is -0.820. The quantitative estimate of drug-likeness (QED) is 0.679. The first-order valence-corrected chi connectivity index (χ1v) is 9.06. The highest BCUT2D eigenvalue weighted by molar-refractivity contribution is 9.10. The van der Waals surface area contributed by atoms with Crippen LogP contribution in [0.15, 0.2) is 45.8 Å². The molecule has 0 bridgehead atoms. The molecule has 0 N–H and O–H groups in total. The lowest BCUT2D eigenvalue weighted by molar-refractivity contribution is 0.292. The van der Waals surface area contributed by atoms with Gasteiger partial charge in [0.05, 0.1) is 0 Å². The number of hydrogen-bond acceptors (Lipinski definition) is 3. The van der Waals surface area contributed by atoms with Gasteiger partial charge in [-0.2, -0.15) is 0 Å². The molecule has 112 valence electrons. The summed E-state index contributed by atoms with van der Waals surface area (Å²) in [6, 6.07) is 8.48. The lowest BCUT2D eigenvalue weighted by Crippen LogP contribution is -2.02. The van der Waals surface area contributed by atoms with Crippen molar-refractivity contribution in [2.45, 2.75) is 11.5 Å². The first-order valence-electron chi connectivity index (χ1n) is 5.58. The van der Waals surface area contributed by atoms with E-state index < -0.39 is 14.9 Å². The molecule has 0 heterocycles. The molecular weight excluding hydrogens is 406 g/mol. The van der Waals surface area contributed by atoms with Crippen LogP contribution >= 0.6 is 38.2 Å². The normalized spacial score (nSPS) is 11.4. The summed E-state index contributed by atoms with van der Waals surface area (Å²) in [6.45, 7) is -0.149. The highest BCUT2D eigenvalue weighted by Crippen LogP contribution is 2.30. The van der Waals surface area contributed by atoms with Crippen LogP contribution in [0.4, 0.5) is 4.39 Å². The van der Waals surface area contributed by atoms with Crippen LogP contribution in [0.25, 0.3) is 0 Å². The van der Waals surface area contributed by atoms with Crippen molar-refractivity contribution < 1.29 is 17.5 Å². The van der Waals surface area contributed by atoms with Crippen LogP contribution in [-0.4, -0.2) is 8.42 Å². The first kappa shape index (κ1) is 16.5. The Balaban J connectivity index is 2.28. The van der Waals surface area contributed by atoms with Crippen molar-refractivity contribution in [3.05, 3.63) is 57.3 Å². The molecule has 2 rings (SSSR count). The topological polar surface area (TPSA) is 43.4 Å². The van der Waals surface area contributed by atoms with Crippen molar-refractivity contribution in [2.24, 2.45) is 0 Å². The summed E-state index contributed by atoms with van der Waals surface area (Å²) in [7, 11) is 1.37. The fourth-order valence-corrected chi connectivity index (χ4v) is 3.25. The van der Waals surface area contributed by atoms with Crippen molar-refractivity contribution in [3.63, 3.8) is 0 Å². The van der Waals surface area contributed by atoms with Crippen molar-refractivity contribution in [3.8, 4) is 5.75 Å². The predicted molar refractivity (Wildman–Crippen MR) is 82.9 cm³/mol. The van der Waals surface area contributed by atoms with Gasteiger partial charge in [0.1, 0.15) is 23.1 Å². The smallest absolute Gasteiger partial charge is 0.265 e. The zero-order valence-corrected chi connectivity index (χ0v) is 14.2. The van der Waals surface area contributed by atoms with Gasteiger partial charge in [0, 0.05) is 25.7 Å². The van der Waals surface area contributed by atoms with Crippen LogP contribution in [-0.2, 0) is 15.7 Å². The summed E-state index contributed by atoms with van der Waals surface area (Å²) in [5.74, 6) is -0.488. The predicted octanol–water partition coefficient (Wildman–Crippen LogP) is 4.75. The number of benzene rings is 2. The summed E-state index contributed by atoms with van der Waals surface area (Å²) < 4.78 is 42.5. The molecule has 8 heteroatoms. The van der Waals surface area contributed by atoms with Crippen LogP contribution < -0.4 is 4.74 Å². The van der Waals surface area contributed by atoms with E-state index in [0.717, 1.165) is 6.07 Å². The van der Waals surface area contributed by atoms with Gasteiger partial charge in [-0.05, 0) is 30.3 Å². The van der Waals surface area contributed by atoms with Gasteiger partial charge in [-0.25, -0.2) is 12.8 Å². The van der Waals surface area contributed by atoms with Gasteiger partial charge in [0.2, 0.25) is 0 Å². The van der Waals surface area contributed by atoms with Crippen LogP contribution in [0.2, 0.25) is 5.02 Å². The molecule has 2 aromatic rings. The molecule has 0 radical (unpaired) electrons. The average Bonchev–Trinajstić information content (AvgIpc) is 2.38. The molecule has 0 amide bonds. The highest BCUT2D eigenvalue weighted by atomic mass is 79.9. The monoisotopic (exact) mass is 412 g/mol. The van der Waals surface area contributed by atoms with Gasteiger partial charge in [-0.1, -0.05) is 33.6 Å². The van der Waals surface area contributed by atoms with Gasteiger partial charge in [0.15, 0.2) is 0 Å². The molecule has 0 aliphatic carbocycles. The molecule has 0 aliphatic heterocycles. The van der Waals surface area contributed by atoms with E-state index in [1.54, 1.807) is 6.07 Å². The minimum absolute atomic E-state index is 0.0440. The Bertz CT molecular complexity index is 781. The first-order chi connectivity index (χ1) is 9.77. The minimum Gasteiger partial charge on any atom is -0.487 e. The molecule has 0 saturated heterocycles. The van der Waals surface area contributed by atoms with E-state index in [-0.39, 0.29) is 27.8 Å². The second-order valence-corrected chi connectivity index (χ2v) is 7.94. The number of rotatable bonds is 4. The molecule has 0 spiro atoms. The SMILES string of the molecule is O=S(=O)(Cl)c1cc(Br)ccc1OCc1ccc(Cl)cc1F. The third kappa shape index (κ3) is 4.32. The fraction of sp³-hybridized carbons (Fsp3) is 0.0769. The van der Waals surface area contributed by atoms with Crippen molar-refractivity contribution in [1.82, 2.24) is 0 Å². The molecule has 3 nitrogen and oxygen atoms in total. The van der Waals surface area contributed by atoms with Gasteiger partial charge in [0.25, 0.3) is 9.05 Å². The van der Waals surface area contributed by atoms with Crippen LogP contribution in [0, 0.1) is 5.82 Å². The van der Waals surface area contributed by atoms with E-state index in [2.05, 4.69) is 15.9 Å². The largest absolute Gasteiger partial charge is 0.487 e. The van der Waals surface area contributed by atoms with Gasteiger partial charge in [-0.3, -0.25) is 0 Å². The molecule has 0 atom stereocenters. The molecule has 0 fully saturated rings. The average molecular weight is 414 g/mol. The summed E-state index contributed by atoms with van der Waals surface area (Å²) in [5, 5.41) is 0.268. The third-order valence-electron chi connectivity index (χ3n) is 2.57. The standard InChI is InChI=1S/C13H8BrCl2FO3S/c14-9-2-4-12(13(5-9)21(16,18)19)20-7-8-1-3-10(15)6-11(8)17/h1-6H,7H2. The minimum atomic E-state index is -3.97. The Labute approximate surface area is 139 Å². The maximum absolute atomic E-state index is 13.6. The summed E-state index contributed by atoms with van der Waals surface area (Å²) >= 11 is 8.80. The van der Waals surface area contributed by atoms with Crippen molar-refractivity contribution in [2.75, 3.05) is 0 Å². The second-order valence-electron chi connectivity index (χ2n) is 4.05. The maximum Gasteiger partial charge on any atom is 0.265 e. The van der Waals surface area contributed by atoms with E-state index in [1.165, 1.54) is 24.3 Å². The molecule has 21 heavy (non-hydrogen) atoms. The number of ether oxygens (including phenoxy) is 1. The Kier molecular flexibility index (Phi) is 5.14. The van der Waals surface area contributed by atoms with E-state index in [4.69, 9.17) is 27.0 Å². The van der Waals surface area contributed by atoms with Crippen molar-refractivity contribution in [1.29, 1.82) is 0 Å². The van der Waals surface area contributed by atoms with Crippen LogP contribution in [0.3, 0.4) is 0 Å². The lowest BCUT2D eigenvalue weighted by Gasteiger charge is -2.10. The highest BCUT2D eigenvalue weighted by Gasteiger charge is 2.18. The Morgan fingerprint density at radius 3 is 2.52 bits per heavy atom. The molecule has 0 aliphatic rings. The van der Waals surface area contributed by atoms with E-state index in [0.29, 0.717) is 4.47 Å². The summed E-state index contributed by atoms with van der Waals surface area (Å²) in [6.07, 6.45) is 0. The van der Waals surface area contributed by atoms with Crippen LogP contribution in [0.1, 0.15) is 5.56 Å². The molecule has 0 unspecified atom stereocenters. The van der Waals surface area contributed by atoms with E-state index in [1.807, 2.05) is 0 Å². The molecule has 2 aromatic carbocycles. The molecule has 0 aromatic heterocycles. The zero-order chi connectivity index (χ0) is 15.6. The second kappa shape index (κ2) is 6.52. The zero-order valence-electron chi connectivity index (χ0n) is 10.3. The van der Waals surface area contributed by atoms with E-state index >= 15 is 0 Å². The summed E-state index contributed by atoms with van der Waals surface area (Å²) in [5.41, 5.74) is 0.250. The lowest BCUT2D eigenvalue weighted by atomic mass is 10.2. The van der Waals surface area contributed by atoms with Gasteiger partial charge < -0.3 is 4.74 Å². The molecule has 0 saturated carbocycles. The third-order valence-corrected chi connectivity index (χ3v) is 4.64. The Morgan fingerprint density at radius 2 is 1.90 bits per heavy atom. The maximum atomic E-state index is 13.6. The number of halogens is 4. The van der Waals surface area contributed by atoms with Gasteiger partial charge >= 0.3 is 0 Å². The summed E-state index contributed by atoms with van der Waals surface area (Å²) in [4.78, 5) is -0.187. The Morgan fingerprint density at radius 1 is 1.19 bits per heavy atom. The fourth-order valence-electron chi connectivity index (χ4n) is 1.59. The number of hydrogen-bond donors (Lipinski definition) is 0. The van der Waals surface area contributed by atoms with E-state index in [9.17, 15) is 12.8 Å². The molecular formula is C13H8BrCl2FO3S. The van der Waals surface area contributed by atoms with Crippen molar-refractivity contribution >= 4 is 47.3 Å².